The summed E-state index contributed by atoms with van der Waals surface area (Å²) in [6, 6.07) is 5.24. The smallest absolute Gasteiger partial charge is 0.245 e. The molecule has 1 amide bonds. The van der Waals surface area contributed by atoms with Crippen molar-refractivity contribution in [3.05, 3.63) is 40.9 Å². The summed E-state index contributed by atoms with van der Waals surface area (Å²) < 4.78 is 5.06. The Kier molecular flexibility index (Phi) is 4.87. The predicted octanol–water partition coefficient (Wildman–Crippen LogP) is 3.42. The highest BCUT2D eigenvalue weighted by Gasteiger charge is 2.38. The van der Waals surface area contributed by atoms with E-state index in [9.17, 15) is 9.90 Å². The lowest BCUT2D eigenvalue weighted by atomic mass is 9.82. The zero-order valence-electron chi connectivity index (χ0n) is 13.5. The molecule has 1 aromatic rings. The quantitative estimate of drug-likeness (QED) is 0.923. The summed E-state index contributed by atoms with van der Waals surface area (Å²) in [6.07, 6.45) is 0. The molecule has 120 valence electrons. The molecular weight excluding hydrogens is 298 g/mol. The molecule has 1 fully saturated rings. The van der Waals surface area contributed by atoms with Crippen LogP contribution in [-0.2, 0) is 14.9 Å². The third-order valence-corrected chi connectivity index (χ3v) is 4.88. The highest BCUT2D eigenvalue weighted by atomic mass is 32.2. The van der Waals surface area contributed by atoms with E-state index >= 15 is 0 Å². The topological polar surface area (TPSA) is 49.8 Å². The second-order valence-electron chi connectivity index (χ2n) is 6.40. The van der Waals surface area contributed by atoms with E-state index in [4.69, 9.17) is 4.74 Å². The molecule has 1 heterocycles. The van der Waals surface area contributed by atoms with Gasteiger partial charge in [0, 0.05) is 13.7 Å². The van der Waals surface area contributed by atoms with Gasteiger partial charge in [0.2, 0.25) is 5.91 Å². The molecule has 1 aromatic carbocycles. The number of carbonyl (C=O) groups is 1. The maximum absolute atomic E-state index is 12.7. The zero-order chi connectivity index (χ0) is 16.5. The first-order valence-electron chi connectivity index (χ1n) is 7.25. The Morgan fingerprint density at radius 1 is 1.41 bits per heavy atom. The van der Waals surface area contributed by atoms with Gasteiger partial charge in [0.25, 0.3) is 0 Å². The number of ether oxygens (including phenoxy) is 1. The molecule has 5 heteroatoms. The van der Waals surface area contributed by atoms with E-state index in [-0.39, 0.29) is 22.3 Å². The van der Waals surface area contributed by atoms with Crippen LogP contribution in [0.3, 0.4) is 0 Å². The minimum Gasteiger partial charge on any atom is -0.508 e. The lowest BCUT2D eigenvalue weighted by Gasteiger charge is -2.25. The number of benzene rings is 1. The SMILES string of the molecule is C=C1SC(c2ccc(O)cc2C(C)(C)C)C(=O)N1CCOC. The maximum atomic E-state index is 12.7. The monoisotopic (exact) mass is 321 g/mol. The molecule has 0 aromatic heterocycles. The first kappa shape index (κ1) is 16.9. The Morgan fingerprint density at radius 2 is 2.09 bits per heavy atom. The minimum atomic E-state index is -0.306. The predicted molar refractivity (Wildman–Crippen MR) is 89.9 cm³/mol. The molecule has 0 saturated carbocycles. The lowest BCUT2D eigenvalue weighted by Crippen LogP contribution is -2.29. The van der Waals surface area contributed by atoms with Gasteiger partial charge in [-0.15, -0.1) is 0 Å². The van der Waals surface area contributed by atoms with Gasteiger partial charge in [-0.2, -0.15) is 0 Å². The van der Waals surface area contributed by atoms with E-state index in [0.717, 1.165) is 16.2 Å². The van der Waals surface area contributed by atoms with Crippen molar-refractivity contribution >= 4 is 17.7 Å². The van der Waals surface area contributed by atoms with Crippen LogP contribution in [0.5, 0.6) is 5.75 Å². The molecule has 0 bridgehead atoms. The summed E-state index contributed by atoms with van der Waals surface area (Å²) in [5, 5.41) is 10.2. The van der Waals surface area contributed by atoms with Crippen LogP contribution >= 0.6 is 11.8 Å². The van der Waals surface area contributed by atoms with Gasteiger partial charge in [-0.3, -0.25) is 4.79 Å². The Bertz CT molecular complexity index is 592. The fourth-order valence-corrected chi connectivity index (χ4v) is 3.69. The number of methoxy groups -OCH3 is 1. The summed E-state index contributed by atoms with van der Waals surface area (Å²) in [5.74, 6) is 0.252. The van der Waals surface area contributed by atoms with Crippen LogP contribution in [0.4, 0.5) is 0 Å². The van der Waals surface area contributed by atoms with Crippen LogP contribution < -0.4 is 0 Å². The van der Waals surface area contributed by atoms with Crippen molar-refractivity contribution in [3.63, 3.8) is 0 Å². The van der Waals surface area contributed by atoms with E-state index in [2.05, 4.69) is 27.4 Å². The Morgan fingerprint density at radius 3 is 2.68 bits per heavy atom. The Labute approximate surface area is 136 Å². The van der Waals surface area contributed by atoms with Gasteiger partial charge >= 0.3 is 0 Å². The molecule has 1 aliphatic heterocycles. The van der Waals surface area contributed by atoms with E-state index < -0.39 is 0 Å². The normalized spacial score (nSPS) is 19.1. The minimum absolute atomic E-state index is 0.0308. The molecule has 22 heavy (non-hydrogen) atoms. The summed E-state index contributed by atoms with van der Waals surface area (Å²) >= 11 is 1.47. The van der Waals surface area contributed by atoms with E-state index in [0.29, 0.717) is 13.2 Å². The van der Waals surface area contributed by atoms with Crippen molar-refractivity contribution in [1.29, 1.82) is 0 Å². The highest BCUT2D eigenvalue weighted by Crippen LogP contribution is 2.47. The lowest BCUT2D eigenvalue weighted by molar-refractivity contribution is -0.128. The summed E-state index contributed by atoms with van der Waals surface area (Å²) in [4.78, 5) is 14.4. The molecular formula is C17H23NO3S. The summed E-state index contributed by atoms with van der Waals surface area (Å²) in [6.45, 7) is 11.2. The second kappa shape index (κ2) is 6.34. The molecule has 1 atom stereocenters. The fourth-order valence-electron chi connectivity index (χ4n) is 2.55. The van der Waals surface area contributed by atoms with Crippen LogP contribution in [0.1, 0.15) is 37.1 Å². The Hall–Kier alpha value is -1.46. The number of amides is 1. The van der Waals surface area contributed by atoms with Crippen molar-refractivity contribution in [2.45, 2.75) is 31.4 Å². The van der Waals surface area contributed by atoms with Crippen molar-refractivity contribution in [2.75, 3.05) is 20.3 Å². The molecule has 1 N–H and O–H groups in total. The molecule has 2 rings (SSSR count). The summed E-state index contributed by atoms with van der Waals surface area (Å²) in [7, 11) is 1.62. The number of phenolic OH excluding ortho intramolecular Hbond substituents is 1. The van der Waals surface area contributed by atoms with Crippen LogP contribution in [-0.4, -0.2) is 36.2 Å². The van der Waals surface area contributed by atoms with Gasteiger partial charge in [0.1, 0.15) is 11.0 Å². The van der Waals surface area contributed by atoms with Gasteiger partial charge in [-0.25, -0.2) is 0 Å². The molecule has 0 aliphatic carbocycles. The van der Waals surface area contributed by atoms with E-state index in [1.807, 2.05) is 6.07 Å². The van der Waals surface area contributed by atoms with E-state index in [1.54, 1.807) is 24.1 Å². The number of nitrogens with zero attached hydrogens (tertiary/aromatic N) is 1. The maximum Gasteiger partial charge on any atom is 0.245 e. The standard InChI is InChI=1S/C17H23NO3S/c1-11-18(8-9-21-5)16(20)15(22-11)13-7-6-12(19)10-14(13)17(2,3)4/h6-7,10,15,19H,1,8-9H2,2-5H3. The molecule has 4 nitrogen and oxygen atoms in total. The third-order valence-electron chi connectivity index (χ3n) is 3.69. The first-order valence-corrected chi connectivity index (χ1v) is 8.13. The van der Waals surface area contributed by atoms with Gasteiger partial charge in [0.15, 0.2) is 0 Å². The van der Waals surface area contributed by atoms with Crippen molar-refractivity contribution in [3.8, 4) is 5.75 Å². The molecule has 0 spiro atoms. The number of hydrogen-bond donors (Lipinski definition) is 1. The average molecular weight is 321 g/mol. The third kappa shape index (κ3) is 3.31. The van der Waals surface area contributed by atoms with Crippen molar-refractivity contribution in [2.24, 2.45) is 0 Å². The van der Waals surface area contributed by atoms with Crippen LogP contribution in [0.25, 0.3) is 0 Å². The van der Waals surface area contributed by atoms with Gasteiger partial charge < -0.3 is 14.7 Å². The largest absolute Gasteiger partial charge is 0.508 e. The zero-order valence-corrected chi connectivity index (χ0v) is 14.4. The van der Waals surface area contributed by atoms with Gasteiger partial charge in [-0.05, 0) is 28.7 Å². The number of hydrogen-bond acceptors (Lipinski definition) is 4. The number of rotatable bonds is 4. The highest BCUT2D eigenvalue weighted by molar-refractivity contribution is 8.04. The average Bonchev–Trinajstić information content (AvgIpc) is 2.71. The van der Waals surface area contributed by atoms with Crippen LogP contribution in [0.2, 0.25) is 0 Å². The van der Waals surface area contributed by atoms with Crippen molar-refractivity contribution < 1.29 is 14.6 Å². The molecule has 1 unspecified atom stereocenters. The fraction of sp³-hybridized carbons (Fsp3) is 0.471. The number of carbonyl (C=O) groups excluding carboxylic acids is 1. The number of aromatic hydroxyl groups is 1. The van der Waals surface area contributed by atoms with Crippen LogP contribution in [0.15, 0.2) is 29.8 Å². The molecule has 1 saturated heterocycles. The van der Waals surface area contributed by atoms with E-state index in [1.165, 1.54) is 11.8 Å². The number of phenols is 1. The Balaban J connectivity index is 2.37. The van der Waals surface area contributed by atoms with Gasteiger partial charge in [-0.1, -0.05) is 45.2 Å². The molecule has 1 aliphatic rings. The second-order valence-corrected chi connectivity index (χ2v) is 7.57. The summed E-state index contributed by atoms with van der Waals surface area (Å²) in [5.41, 5.74) is 1.78. The first-order chi connectivity index (χ1) is 10.3. The van der Waals surface area contributed by atoms with Gasteiger partial charge in [0.05, 0.1) is 11.6 Å². The van der Waals surface area contributed by atoms with Crippen LogP contribution in [0, 0.1) is 0 Å². The molecule has 0 radical (unpaired) electrons. The number of thioether (sulfide) groups is 1. The van der Waals surface area contributed by atoms with Crippen molar-refractivity contribution in [1.82, 2.24) is 4.90 Å².